The Hall–Kier alpha value is -2.70. The maximum atomic E-state index is 6.37. The van der Waals surface area contributed by atoms with Gasteiger partial charge in [0.1, 0.15) is 11.4 Å². The molecule has 1 aliphatic rings. The van der Waals surface area contributed by atoms with Crippen molar-refractivity contribution in [3.05, 3.63) is 70.5 Å². The second-order valence-corrected chi connectivity index (χ2v) is 6.67. The molecule has 0 spiro atoms. The van der Waals surface area contributed by atoms with Crippen LogP contribution in [0.5, 0.6) is 0 Å². The molecule has 0 aliphatic carbocycles. The van der Waals surface area contributed by atoms with Gasteiger partial charge in [0, 0.05) is 41.6 Å². The summed E-state index contributed by atoms with van der Waals surface area (Å²) in [5, 5.41) is 13.9. The Labute approximate surface area is 160 Å². The average molecular weight is 385 g/mol. The van der Waals surface area contributed by atoms with Crippen LogP contribution in [0.4, 0.5) is 0 Å². The van der Waals surface area contributed by atoms with Crippen molar-refractivity contribution in [2.24, 2.45) is 0 Å². The molecule has 0 saturated heterocycles. The molecule has 3 heterocycles. The molecule has 6 nitrogen and oxygen atoms in total. The normalized spacial score (nSPS) is 14.2. The highest BCUT2D eigenvalue weighted by Gasteiger charge is 2.19. The monoisotopic (exact) mass is 384 g/mol. The number of aromatic nitrogens is 5. The van der Waals surface area contributed by atoms with Gasteiger partial charge in [-0.1, -0.05) is 35.3 Å². The van der Waals surface area contributed by atoms with Crippen LogP contribution < -0.4 is 0 Å². The number of nitrogens with zero attached hydrogens (tertiary/aromatic N) is 6. The molecule has 1 aromatic carbocycles. The van der Waals surface area contributed by atoms with Gasteiger partial charge in [-0.25, -0.2) is 0 Å². The summed E-state index contributed by atoms with van der Waals surface area (Å²) < 4.78 is 0. The summed E-state index contributed by atoms with van der Waals surface area (Å²) >= 11 is 12.7. The molecule has 0 saturated carbocycles. The number of hydrogen-bond acceptors (Lipinski definition) is 5. The zero-order valence-corrected chi connectivity index (χ0v) is 15.4. The molecule has 130 valence electrons. The van der Waals surface area contributed by atoms with Gasteiger partial charge in [-0.3, -0.25) is 4.98 Å². The van der Waals surface area contributed by atoms with Crippen LogP contribution in [0, 0.1) is 0 Å². The third kappa shape index (κ3) is 3.21. The standard InChI is InChI=1S/C18H14Cl2N6/c1-25-10-12(17-14(19)5-4-6-15(17)20)9-13(11-25)26-23-18(22-24-26)16-7-2-3-8-21-16/h2-9,11H,10H2,1H3. The molecular formula is C18H14Cl2N6. The van der Waals surface area contributed by atoms with E-state index in [1.165, 1.54) is 4.80 Å². The molecule has 0 amide bonds. The van der Waals surface area contributed by atoms with Crippen molar-refractivity contribution in [2.45, 2.75) is 0 Å². The number of pyridine rings is 1. The van der Waals surface area contributed by atoms with Gasteiger partial charge in [-0.05, 0) is 41.1 Å². The number of halogens is 2. The van der Waals surface area contributed by atoms with E-state index >= 15 is 0 Å². The quantitative estimate of drug-likeness (QED) is 0.685. The second-order valence-electron chi connectivity index (χ2n) is 5.85. The van der Waals surface area contributed by atoms with Crippen LogP contribution in [-0.4, -0.2) is 43.7 Å². The van der Waals surface area contributed by atoms with Crippen molar-refractivity contribution in [3.63, 3.8) is 0 Å². The zero-order chi connectivity index (χ0) is 18.1. The Morgan fingerprint density at radius 1 is 1.04 bits per heavy atom. The number of tetrazole rings is 1. The summed E-state index contributed by atoms with van der Waals surface area (Å²) in [7, 11) is 1.97. The Morgan fingerprint density at radius 2 is 1.85 bits per heavy atom. The maximum Gasteiger partial charge on any atom is 0.223 e. The molecule has 0 radical (unpaired) electrons. The highest BCUT2D eigenvalue weighted by atomic mass is 35.5. The van der Waals surface area contributed by atoms with Crippen LogP contribution in [-0.2, 0) is 0 Å². The largest absolute Gasteiger partial charge is 0.374 e. The van der Waals surface area contributed by atoms with Crippen LogP contribution in [0.1, 0.15) is 5.56 Å². The van der Waals surface area contributed by atoms with E-state index in [0.717, 1.165) is 16.8 Å². The first kappa shape index (κ1) is 16.8. The molecule has 0 unspecified atom stereocenters. The summed E-state index contributed by atoms with van der Waals surface area (Å²) in [4.78, 5) is 7.75. The van der Waals surface area contributed by atoms with Gasteiger partial charge in [0.05, 0.1) is 0 Å². The van der Waals surface area contributed by atoms with E-state index in [2.05, 4.69) is 20.4 Å². The Morgan fingerprint density at radius 3 is 2.58 bits per heavy atom. The predicted molar refractivity (Wildman–Crippen MR) is 102 cm³/mol. The number of benzene rings is 1. The second kappa shape index (κ2) is 6.90. The van der Waals surface area contributed by atoms with Crippen LogP contribution in [0.15, 0.2) is 54.9 Å². The van der Waals surface area contributed by atoms with Crippen molar-refractivity contribution in [1.29, 1.82) is 0 Å². The van der Waals surface area contributed by atoms with Gasteiger partial charge in [-0.2, -0.15) is 0 Å². The summed E-state index contributed by atoms with van der Waals surface area (Å²) in [5.41, 5.74) is 3.23. The number of hydrogen-bond donors (Lipinski definition) is 0. The van der Waals surface area contributed by atoms with Crippen LogP contribution in [0.3, 0.4) is 0 Å². The van der Waals surface area contributed by atoms with Crippen LogP contribution in [0.2, 0.25) is 10.0 Å². The molecule has 1 aliphatic heterocycles. The fourth-order valence-corrected chi connectivity index (χ4v) is 3.43. The first-order chi connectivity index (χ1) is 12.6. The van der Waals surface area contributed by atoms with E-state index in [1.807, 2.05) is 60.6 Å². The van der Waals surface area contributed by atoms with E-state index in [0.29, 0.717) is 28.1 Å². The maximum absolute atomic E-state index is 6.37. The molecule has 0 atom stereocenters. The molecule has 0 fully saturated rings. The molecule has 0 bridgehead atoms. The lowest BCUT2D eigenvalue weighted by Gasteiger charge is -2.24. The lowest BCUT2D eigenvalue weighted by atomic mass is 10.0. The lowest BCUT2D eigenvalue weighted by molar-refractivity contribution is 0.508. The average Bonchev–Trinajstić information content (AvgIpc) is 3.12. The highest BCUT2D eigenvalue weighted by Crippen LogP contribution is 2.34. The van der Waals surface area contributed by atoms with Gasteiger partial charge in [0.2, 0.25) is 5.82 Å². The Kier molecular flexibility index (Phi) is 4.44. The lowest BCUT2D eigenvalue weighted by Crippen LogP contribution is -2.20. The fourth-order valence-electron chi connectivity index (χ4n) is 2.79. The van der Waals surface area contributed by atoms with Crippen molar-refractivity contribution in [3.8, 4) is 11.5 Å². The van der Waals surface area contributed by atoms with E-state index in [4.69, 9.17) is 23.2 Å². The Balaban J connectivity index is 1.73. The molecule has 4 rings (SSSR count). The van der Waals surface area contributed by atoms with E-state index in [9.17, 15) is 0 Å². The molecular weight excluding hydrogens is 371 g/mol. The summed E-state index contributed by atoms with van der Waals surface area (Å²) in [5.74, 6) is 0.463. The van der Waals surface area contributed by atoms with Crippen molar-refractivity contribution in [2.75, 3.05) is 13.6 Å². The van der Waals surface area contributed by atoms with Crippen molar-refractivity contribution < 1.29 is 0 Å². The van der Waals surface area contributed by atoms with Crippen molar-refractivity contribution >= 4 is 34.5 Å². The van der Waals surface area contributed by atoms with Gasteiger partial charge < -0.3 is 4.90 Å². The fraction of sp³-hybridized carbons (Fsp3) is 0.111. The summed E-state index contributed by atoms with van der Waals surface area (Å²) in [6.07, 6.45) is 5.61. The number of allylic oxidation sites excluding steroid dienone is 2. The van der Waals surface area contributed by atoms with Crippen LogP contribution >= 0.6 is 23.2 Å². The first-order valence-electron chi connectivity index (χ1n) is 7.90. The zero-order valence-electron chi connectivity index (χ0n) is 13.8. The van der Waals surface area contributed by atoms with Crippen LogP contribution in [0.25, 0.3) is 22.8 Å². The highest BCUT2D eigenvalue weighted by molar-refractivity contribution is 6.37. The molecule has 3 aromatic rings. The van der Waals surface area contributed by atoms with E-state index in [1.54, 1.807) is 6.20 Å². The summed E-state index contributed by atoms with van der Waals surface area (Å²) in [6, 6.07) is 11.1. The minimum absolute atomic E-state index is 0.463. The van der Waals surface area contributed by atoms with Crippen molar-refractivity contribution in [1.82, 2.24) is 30.1 Å². The summed E-state index contributed by atoms with van der Waals surface area (Å²) in [6.45, 7) is 0.675. The topological polar surface area (TPSA) is 59.7 Å². The van der Waals surface area contributed by atoms with Gasteiger partial charge >= 0.3 is 0 Å². The van der Waals surface area contributed by atoms with Gasteiger partial charge in [0.15, 0.2) is 0 Å². The first-order valence-corrected chi connectivity index (χ1v) is 8.66. The number of likely N-dealkylation sites (N-methyl/N-ethyl adjacent to an activating group) is 1. The SMILES string of the molecule is CN1C=C(n2nnc(-c3ccccn3)n2)C=C(c2c(Cl)cccc2Cl)C1. The molecule has 26 heavy (non-hydrogen) atoms. The van der Waals surface area contributed by atoms with E-state index < -0.39 is 0 Å². The molecule has 2 aromatic heterocycles. The number of rotatable bonds is 3. The van der Waals surface area contributed by atoms with Gasteiger partial charge in [-0.15, -0.1) is 15.0 Å². The predicted octanol–water partition coefficient (Wildman–Crippen LogP) is 3.87. The third-order valence-electron chi connectivity index (χ3n) is 3.92. The van der Waals surface area contributed by atoms with E-state index in [-0.39, 0.29) is 0 Å². The third-order valence-corrected chi connectivity index (χ3v) is 4.55. The molecule has 8 heteroatoms. The Bertz CT molecular complexity index is 989. The minimum atomic E-state index is 0.463. The van der Waals surface area contributed by atoms with Gasteiger partial charge in [0.25, 0.3) is 0 Å². The molecule has 0 N–H and O–H groups in total. The minimum Gasteiger partial charge on any atom is -0.374 e. The smallest absolute Gasteiger partial charge is 0.223 e.